The first-order chi connectivity index (χ1) is 7.72. The molecule has 2 atom stereocenters. The predicted molar refractivity (Wildman–Crippen MR) is 74.0 cm³/mol. The molecule has 0 aliphatic carbocycles. The second-order valence-electron chi connectivity index (χ2n) is 4.50. The van der Waals surface area contributed by atoms with Crippen LogP contribution in [0.2, 0.25) is 0 Å². The Kier molecular flexibility index (Phi) is 4.25. The first-order valence-corrected chi connectivity index (χ1v) is 7.86. The zero-order valence-corrected chi connectivity index (χ0v) is 11.7. The number of hydrogen-bond donors (Lipinski definition) is 0. The van der Waals surface area contributed by atoms with Crippen molar-refractivity contribution in [3.8, 4) is 0 Å². The largest absolute Gasteiger partial charge is 0.337 e. The van der Waals surface area contributed by atoms with Crippen molar-refractivity contribution in [3.63, 3.8) is 0 Å². The number of hydrogen-bond acceptors (Lipinski definition) is 3. The van der Waals surface area contributed by atoms with Crippen molar-refractivity contribution in [1.29, 1.82) is 0 Å². The molecule has 1 aliphatic heterocycles. The zero-order chi connectivity index (χ0) is 11.4. The van der Waals surface area contributed by atoms with Crippen molar-refractivity contribution in [2.24, 2.45) is 0 Å². The van der Waals surface area contributed by atoms with Gasteiger partial charge in [-0.1, -0.05) is 6.92 Å². The number of aryl methyl sites for hydroxylation is 1. The minimum atomic E-state index is 0.460. The van der Waals surface area contributed by atoms with Gasteiger partial charge in [0, 0.05) is 29.9 Å². The number of thioether (sulfide) groups is 2. The summed E-state index contributed by atoms with van der Waals surface area (Å²) in [6.07, 6.45) is 9.68. The molecule has 0 bridgehead atoms. The quantitative estimate of drug-likeness (QED) is 0.801. The van der Waals surface area contributed by atoms with E-state index in [4.69, 9.17) is 0 Å². The minimum Gasteiger partial charge on any atom is -0.337 e. The van der Waals surface area contributed by atoms with Gasteiger partial charge in [0.1, 0.15) is 0 Å². The molecule has 1 aromatic heterocycles. The summed E-state index contributed by atoms with van der Waals surface area (Å²) in [5.74, 6) is 1.34. The Morgan fingerprint density at radius 3 is 3.06 bits per heavy atom. The monoisotopic (exact) mass is 256 g/mol. The van der Waals surface area contributed by atoms with Crippen LogP contribution in [-0.4, -0.2) is 24.6 Å². The predicted octanol–water partition coefficient (Wildman–Crippen LogP) is 3.64. The summed E-state index contributed by atoms with van der Waals surface area (Å²) in [6.45, 7) is 5.81. The number of nitrogens with zero attached hydrogens (tertiary/aromatic N) is 2. The van der Waals surface area contributed by atoms with Gasteiger partial charge in [-0.3, -0.25) is 0 Å². The van der Waals surface area contributed by atoms with E-state index in [9.17, 15) is 0 Å². The molecule has 90 valence electrons. The smallest absolute Gasteiger partial charge is 0.0945 e. The van der Waals surface area contributed by atoms with Gasteiger partial charge in [0.2, 0.25) is 0 Å². The molecule has 0 aromatic carbocycles. The average molecular weight is 256 g/mol. The van der Waals surface area contributed by atoms with Crippen LogP contribution in [-0.2, 0) is 6.54 Å². The molecule has 1 aliphatic rings. The molecule has 0 spiro atoms. The summed E-state index contributed by atoms with van der Waals surface area (Å²) in [5.41, 5.74) is 0. The maximum Gasteiger partial charge on any atom is 0.0945 e. The van der Waals surface area contributed by atoms with E-state index in [1.54, 1.807) is 0 Å². The van der Waals surface area contributed by atoms with Gasteiger partial charge in [-0.05, 0) is 26.2 Å². The van der Waals surface area contributed by atoms with Crippen LogP contribution in [0.5, 0.6) is 0 Å². The van der Waals surface area contributed by atoms with Gasteiger partial charge in [-0.2, -0.15) is 0 Å². The first kappa shape index (κ1) is 12.4. The number of imidazole rings is 1. The maximum atomic E-state index is 4.07. The molecule has 1 aromatic rings. The minimum absolute atomic E-state index is 0.460. The topological polar surface area (TPSA) is 17.8 Å². The van der Waals surface area contributed by atoms with E-state index in [0.717, 1.165) is 11.8 Å². The van der Waals surface area contributed by atoms with E-state index in [2.05, 4.69) is 46.9 Å². The summed E-state index contributed by atoms with van der Waals surface area (Å²) in [7, 11) is 0. The lowest BCUT2D eigenvalue weighted by molar-refractivity contribution is 0.595. The lowest BCUT2D eigenvalue weighted by Gasteiger charge is -2.22. The number of aromatic nitrogens is 2. The lowest BCUT2D eigenvalue weighted by atomic mass is 10.2. The van der Waals surface area contributed by atoms with Crippen molar-refractivity contribution in [2.75, 3.05) is 5.75 Å². The third-order valence-electron chi connectivity index (χ3n) is 3.05. The fourth-order valence-electron chi connectivity index (χ4n) is 2.02. The third kappa shape index (κ3) is 3.20. The van der Waals surface area contributed by atoms with E-state index in [1.807, 2.05) is 18.7 Å². The van der Waals surface area contributed by atoms with Crippen LogP contribution in [0.15, 0.2) is 18.7 Å². The molecule has 2 heterocycles. The summed E-state index contributed by atoms with van der Waals surface area (Å²) in [5, 5.41) is 0.878. The average Bonchev–Trinajstić information content (AvgIpc) is 2.88. The van der Waals surface area contributed by atoms with E-state index in [0.29, 0.717) is 4.08 Å². The Morgan fingerprint density at radius 2 is 2.44 bits per heavy atom. The van der Waals surface area contributed by atoms with Crippen LogP contribution in [0.25, 0.3) is 0 Å². The number of rotatable bonds is 5. The molecule has 2 unspecified atom stereocenters. The van der Waals surface area contributed by atoms with E-state index < -0.39 is 0 Å². The summed E-state index contributed by atoms with van der Waals surface area (Å²) in [4.78, 5) is 4.07. The van der Waals surface area contributed by atoms with Gasteiger partial charge >= 0.3 is 0 Å². The zero-order valence-electron chi connectivity index (χ0n) is 10.1. The summed E-state index contributed by atoms with van der Waals surface area (Å²) < 4.78 is 2.63. The van der Waals surface area contributed by atoms with Crippen molar-refractivity contribution in [3.05, 3.63) is 18.7 Å². The standard InChI is InChI=1S/C12H20N2S2/c1-3-11-9-15-12(2,16-11)5-4-7-14-8-6-13-10-14/h6,8,10-11H,3-5,7,9H2,1-2H3. The highest BCUT2D eigenvalue weighted by Crippen LogP contribution is 2.51. The van der Waals surface area contributed by atoms with E-state index >= 15 is 0 Å². The van der Waals surface area contributed by atoms with E-state index in [1.165, 1.54) is 25.0 Å². The second kappa shape index (κ2) is 5.50. The first-order valence-electron chi connectivity index (χ1n) is 5.99. The normalized spacial score (nSPS) is 29.8. The lowest BCUT2D eigenvalue weighted by Crippen LogP contribution is -2.13. The Labute approximate surface area is 107 Å². The highest BCUT2D eigenvalue weighted by Gasteiger charge is 2.35. The third-order valence-corrected chi connectivity index (χ3v) is 6.83. The van der Waals surface area contributed by atoms with E-state index in [-0.39, 0.29) is 0 Å². The Morgan fingerprint density at radius 1 is 1.56 bits per heavy atom. The van der Waals surface area contributed by atoms with Crippen LogP contribution in [0.3, 0.4) is 0 Å². The summed E-state index contributed by atoms with van der Waals surface area (Å²) >= 11 is 4.34. The fourth-order valence-corrected chi connectivity index (χ4v) is 5.58. The van der Waals surface area contributed by atoms with Gasteiger partial charge in [0.15, 0.2) is 0 Å². The molecule has 0 saturated carbocycles. The Hall–Kier alpha value is -0.0900. The molecule has 0 radical (unpaired) electrons. The molecule has 4 heteroatoms. The summed E-state index contributed by atoms with van der Waals surface area (Å²) in [6, 6.07) is 0. The molecule has 0 N–H and O–H groups in total. The van der Waals surface area contributed by atoms with Crippen LogP contribution >= 0.6 is 23.5 Å². The molecule has 1 saturated heterocycles. The molecule has 1 fully saturated rings. The van der Waals surface area contributed by atoms with Crippen LogP contribution in [0.4, 0.5) is 0 Å². The van der Waals surface area contributed by atoms with Gasteiger partial charge < -0.3 is 4.57 Å². The highest BCUT2D eigenvalue weighted by atomic mass is 32.2. The van der Waals surface area contributed by atoms with Gasteiger partial charge in [0.25, 0.3) is 0 Å². The molecule has 2 rings (SSSR count). The van der Waals surface area contributed by atoms with Gasteiger partial charge in [-0.15, -0.1) is 23.5 Å². The maximum absolute atomic E-state index is 4.07. The van der Waals surface area contributed by atoms with Crippen LogP contribution < -0.4 is 0 Å². The van der Waals surface area contributed by atoms with Crippen molar-refractivity contribution in [2.45, 2.75) is 49.0 Å². The van der Waals surface area contributed by atoms with Crippen molar-refractivity contribution in [1.82, 2.24) is 9.55 Å². The van der Waals surface area contributed by atoms with Gasteiger partial charge in [-0.25, -0.2) is 4.98 Å². The van der Waals surface area contributed by atoms with Crippen molar-refractivity contribution < 1.29 is 0 Å². The fraction of sp³-hybridized carbons (Fsp3) is 0.750. The second-order valence-corrected chi connectivity index (χ2v) is 8.08. The Balaban J connectivity index is 1.73. The molecule has 16 heavy (non-hydrogen) atoms. The molecule has 2 nitrogen and oxygen atoms in total. The van der Waals surface area contributed by atoms with Crippen molar-refractivity contribution >= 4 is 23.5 Å². The van der Waals surface area contributed by atoms with Crippen LogP contribution in [0, 0.1) is 0 Å². The molecular weight excluding hydrogens is 236 g/mol. The molecule has 0 amide bonds. The highest BCUT2D eigenvalue weighted by molar-refractivity contribution is 8.21. The SMILES string of the molecule is CCC1CSC(C)(CCCn2ccnc2)S1. The molecular formula is C12H20N2S2. The van der Waals surface area contributed by atoms with Crippen LogP contribution in [0.1, 0.15) is 33.1 Å². The van der Waals surface area contributed by atoms with Gasteiger partial charge in [0.05, 0.1) is 10.4 Å². The Bertz CT molecular complexity index is 313.